The van der Waals surface area contributed by atoms with Gasteiger partial charge in [0.1, 0.15) is 0 Å². The monoisotopic (exact) mass is 269 g/mol. The molecule has 0 bridgehead atoms. The fraction of sp³-hybridized carbons (Fsp3) is 0.400. The zero-order valence-corrected chi connectivity index (χ0v) is 9.09. The molecule has 0 N–H and O–H groups in total. The van der Waals surface area contributed by atoms with Gasteiger partial charge in [0, 0.05) is 17.3 Å². The molecule has 0 atom stereocenters. The minimum atomic E-state index is -5.68. The molecule has 3 nitrogen and oxygen atoms in total. The van der Waals surface area contributed by atoms with Crippen molar-refractivity contribution in [3.63, 3.8) is 0 Å². The largest absolute Gasteiger partial charge is 0.471 e. The van der Waals surface area contributed by atoms with E-state index in [1.807, 2.05) is 0 Å². The third-order valence-corrected chi connectivity index (χ3v) is 1.99. The summed E-state index contributed by atoms with van der Waals surface area (Å²) in [5.41, 5.74) is 0.361. The number of aryl methyl sites for hydroxylation is 1. The number of carbonyl (C=O) groups excluding carboxylic acids is 1. The van der Waals surface area contributed by atoms with E-state index in [9.17, 15) is 26.7 Å². The third-order valence-electron chi connectivity index (χ3n) is 1.99. The van der Waals surface area contributed by atoms with Gasteiger partial charge in [0.25, 0.3) is 0 Å². The van der Waals surface area contributed by atoms with E-state index in [2.05, 4.69) is 9.72 Å². The zero-order chi connectivity index (χ0) is 14.0. The van der Waals surface area contributed by atoms with E-state index in [0.29, 0.717) is 6.29 Å². The van der Waals surface area contributed by atoms with E-state index in [4.69, 9.17) is 0 Å². The van der Waals surface area contributed by atoms with Gasteiger partial charge >= 0.3 is 12.1 Å². The number of nitrogens with zero attached hydrogens (tertiary/aromatic N) is 1. The molecule has 0 aliphatic heterocycles. The average Bonchev–Trinajstić information content (AvgIpc) is 2.25. The molecule has 0 fully saturated rings. The summed E-state index contributed by atoms with van der Waals surface area (Å²) < 4.78 is 65.0. The summed E-state index contributed by atoms with van der Waals surface area (Å²) >= 11 is 0. The molecule has 0 radical (unpaired) electrons. The van der Waals surface area contributed by atoms with Crippen molar-refractivity contribution in [1.82, 2.24) is 4.98 Å². The fourth-order valence-corrected chi connectivity index (χ4v) is 1.04. The quantitative estimate of drug-likeness (QED) is 0.623. The van der Waals surface area contributed by atoms with Gasteiger partial charge in [-0.15, -0.1) is 0 Å². The van der Waals surface area contributed by atoms with Gasteiger partial charge in [-0.2, -0.15) is 22.0 Å². The van der Waals surface area contributed by atoms with E-state index in [1.165, 1.54) is 13.0 Å². The van der Waals surface area contributed by atoms with Gasteiger partial charge in [-0.05, 0) is 13.0 Å². The van der Waals surface area contributed by atoms with Crippen molar-refractivity contribution in [1.29, 1.82) is 0 Å². The SMILES string of the molecule is Cc1cc(C=O)cnc1OCC(F)(F)C(F)(F)F. The Bertz CT molecular complexity index is 444. The molecule has 0 aliphatic rings. The molecule has 8 heteroatoms. The van der Waals surface area contributed by atoms with Gasteiger partial charge in [-0.3, -0.25) is 4.79 Å². The van der Waals surface area contributed by atoms with Crippen LogP contribution in [0.5, 0.6) is 5.88 Å². The van der Waals surface area contributed by atoms with Crippen LogP contribution in [-0.2, 0) is 0 Å². The topological polar surface area (TPSA) is 39.2 Å². The molecule has 0 amide bonds. The summed E-state index contributed by atoms with van der Waals surface area (Å²) in [6.45, 7) is -0.480. The van der Waals surface area contributed by atoms with Crippen LogP contribution in [0.1, 0.15) is 15.9 Å². The second kappa shape index (κ2) is 4.87. The number of rotatable bonds is 4. The molecule has 1 aromatic rings. The van der Waals surface area contributed by atoms with Crippen molar-refractivity contribution < 1.29 is 31.5 Å². The number of aromatic nitrogens is 1. The van der Waals surface area contributed by atoms with Crippen molar-refractivity contribution in [2.75, 3.05) is 6.61 Å². The van der Waals surface area contributed by atoms with Crippen LogP contribution in [0.15, 0.2) is 12.3 Å². The van der Waals surface area contributed by atoms with Crippen LogP contribution < -0.4 is 4.74 Å². The minimum Gasteiger partial charge on any atom is -0.471 e. The first-order valence-electron chi connectivity index (χ1n) is 4.66. The van der Waals surface area contributed by atoms with Crippen LogP contribution in [-0.4, -0.2) is 30.0 Å². The Morgan fingerprint density at radius 3 is 2.39 bits per heavy atom. The summed E-state index contributed by atoms with van der Waals surface area (Å²) in [6, 6.07) is 1.26. The molecule has 0 aliphatic carbocycles. The summed E-state index contributed by atoms with van der Waals surface area (Å²) in [5, 5.41) is 0. The predicted molar refractivity (Wildman–Crippen MR) is 50.9 cm³/mol. The summed E-state index contributed by atoms with van der Waals surface area (Å²) in [5.74, 6) is -5.32. The maximum Gasteiger partial charge on any atom is 0.456 e. The van der Waals surface area contributed by atoms with Crippen LogP contribution in [0, 0.1) is 6.92 Å². The van der Waals surface area contributed by atoms with Gasteiger partial charge in [-0.25, -0.2) is 4.98 Å². The van der Waals surface area contributed by atoms with Crippen LogP contribution in [0.4, 0.5) is 22.0 Å². The summed E-state index contributed by atoms with van der Waals surface area (Å²) in [6.07, 6.45) is -4.20. The lowest BCUT2D eigenvalue weighted by molar-refractivity contribution is -0.290. The molecule has 0 spiro atoms. The lowest BCUT2D eigenvalue weighted by Crippen LogP contribution is -2.41. The zero-order valence-electron chi connectivity index (χ0n) is 9.09. The fourth-order valence-electron chi connectivity index (χ4n) is 1.04. The van der Waals surface area contributed by atoms with Crippen molar-refractivity contribution in [3.05, 3.63) is 23.4 Å². The highest BCUT2D eigenvalue weighted by molar-refractivity contribution is 5.74. The standard InChI is InChI=1S/C10H8F5NO2/c1-6-2-7(4-17)3-16-8(6)18-5-9(11,12)10(13,14)15/h2-4H,5H2,1H3. The van der Waals surface area contributed by atoms with Crippen molar-refractivity contribution in [2.24, 2.45) is 0 Å². The Hall–Kier alpha value is -1.73. The predicted octanol–water partition coefficient (Wildman–Crippen LogP) is 2.78. The average molecular weight is 269 g/mol. The Balaban J connectivity index is 2.78. The highest BCUT2D eigenvalue weighted by atomic mass is 19.4. The van der Waals surface area contributed by atoms with Crippen molar-refractivity contribution in [3.8, 4) is 5.88 Å². The second-order valence-electron chi connectivity index (χ2n) is 3.50. The first-order valence-corrected chi connectivity index (χ1v) is 4.66. The molecular weight excluding hydrogens is 261 g/mol. The van der Waals surface area contributed by atoms with E-state index in [1.54, 1.807) is 0 Å². The molecule has 0 saturated heterocycles. The van der Waals surface area contributed by atoms with Crippen molar-refractivity contribution >= 4 is 6.29 Å². The smallest absolute Gasteiger partial charge is 0.456 e. The normalized spacial score (nSPS) is 12.3. The molecule has 1 rings (SSSR count). The Morgan fingerprint density at radius 1 is 1.33 bits per heavy atom. The van der Waals surface area contributed by atoms with Gasteiger partial charge in [0.15, 0.2) is 12.9 Å². The lowest BCUT2D eigenvalue weighted by Gasteiger charge is -2.19. The summed E-state index contributed by atoms with van der Waals surface area (Å²) in [4.78, 5) is 13.8. The van der Waals surface area contributed by atoms with E-state index in [0.717, 1.165) is 6.20 Å². The number of pyridine rings is 1. The number of alkyl halides is 5. The van der Waals surface area contributed by atoms with Crippen LogP contribution in [0.3, 0.4) is 0 Å². The second-order valence-corrected chi connectivity index (χ2v) is 3.50. The number of hydrogen-bond donors (Lipinski definition) is 0. The molecule has 1 heterocycles. The van der Waals surface area contributed by atoms with Crippen molar-refractivity contribution in [2.45, 2.75) is 19.0 Å². The Morgan fingerprint density at radius 2 is 1.94 bits per heavy atom. The third kappa shape index (κ3) is 3.14. The number of hydrogen-bond acceptors (Lipinski definition) is 3. The maximum atomic E-state index is 12.6. The number of aldehydes is 1. The van der Waals surface area contributed by atoms with E-state index in [-0.39, 0.29) is 17.0 Å². The summed E-state index contributed by atoms with van der Waals surface area (Å²) in [7, 11) is 0. The maximum absolute atomic E-state index is 12.6. The molecule has 0 saturated carbocycles. The number of carbonyl (C=O) groups is 1. The molecule has 1 aromatic heterocycles. The first-order chi connectivity index (χ1) is 8.17. The van der Waals surface area contributed by atoms with Crippen LogP contribution in [0.2, 0.25) is 0 Å². The van der Waals surface area contributed by atoms with Gasteiger partial charge < -0.3 is 4.74 Å². The minimum absolute atomic E-state index is 0.169. The van der Waals surface area contributed by atoms with Gasteiger partial charge in [-0.1, -0.05) is 0 Å². The van der Waals surface area contributed by atoms with Crippen LogP contribution in [0.25, 0.3) is 0 Å². The molecule has 100 valence electrons. The van der Waals surface area contributed by atoms with E-state index < -0.39 is 18.7 Å². The highest BCUT2D eigenvalue weighted by Crippen LogP contribution is 2.35. The van der Waals surface area contributed by atoms with E-state index >= 15 is 0 Å². The number of ether oxygens (including phenoxy) is 1. The Labute approximate surface area is 98.6 Å². The van der Waals surface area contributed by atoms with Gasteiger partial charge in [0.2, 0.25) is 5.88 Å². The lowest BCUT2D eigenvalue weighted by atomic mass is 10.2. The highest BCUT2D eigenvalue weighted by Gasteiger charge is 2.58. The molecular formula is C10H8F5NO2. The Kier molecular flexibility index (Phi) is 3.88. The van der Waals surface area contributed by atoms with Gasteiger partial charge in [0.05, 0.1) is 0 Å². The first kappa shape index (κ1) is 14.3. The molecule has 0 aromatic carbocycles. The molecule has 18 heavy (non-hydrogen) atoms. The molecule has 0 unspecified atom stereocenters. The van der Waals surface area contributed by atoms with Crippen LogP contribution >= 0.6 is 0 Å². The number of halogens is 5.